The van der Waals surface area contributed by atoms with E-state index in [0.29, 0.717) is 11.1 Å². The first-order valence-electron chi connectivity index (χ1n) is 4.28. The number of nitriles is 1. The summed E-state index contributed by atoms with van der Waals surface area (Å²) in [5.41, 5.74) is 0.951. The summed E-state index contributed by atoms with van der Waals surface area (Å²) in [7, 11) is 0. The molecule has 0 spiro atoms. The minimum absolute atomic E-state index is 0.0782. The predicted molar refractivity (Wildman–Crippen MR) is 51.4 cm³/mol. The summed E-state index contributed by atoms with van der Waals surface area (Å²) >= 11 is 0. The summed E-state index contributed by atoms with van der Waals surface area (Å²) in [6, 6.07) is 8.43. The maximum absolute atomic E-state index is 10.5. The lowest BCUT2D eigenvalue weighted by Crippen LogP contribution is -1.95. The highest BCUT2D eigenvalue weighted by Gasteiger charge is 2.14. The standard InChI is InChI=1S/C10H5N3O3/c11-5-6-2-1-3-7(4-6)8-12-13-9(16-8)10(14)15/h1-4H,(H,14,15). The van der Waals surface area contributed by atoms with Crippen LogP contribution in [0.2, 0.25) is 0 Å². The van der Waals surface area contributed by atoms with Gasteiger partial charge < -0.3 is 9.52 Å². The Hall–Kier alpha value is -2.68. The number of nitrogens with zero attached hydrogens (tertiary/aromatic N) is 3. The average molecular weight is 215 g/mol. The molecule has 0 atom stereocenters. The van der Waals surface area contributed by atoms with Crippen LogP contribution in [0.5, 0.6) is 0 Å². The second-order valence-corrected chi connectivity index (χ2v) is 2.91. The van der Waals surface area contributed by atoms with Crippen molar-refractivity contribution in [1.29, 1.82) is 5.26 Å². The Morgan fingerprint density at radius 3 is 2.88 bits per heavy atom. The molecule has 0 radical (unpaired) electrons. The van der Waals surface area contributed by atoms with E-state index < -0.39 is 11.9 Å². The van der Waals surface area contributed by atoms with Gasteiger partial charge in [-0.05, 0) is 18.2 Å². The lowest BCUT2D eigenvalue weighted by Gasteiger charge is -1.93. The van der Waals surface area contributed by atoms with Crippen molar-refractivity contribution in [3.8, 4) is 17.5 Å². The molecule has 2 aromatic rings. The monoisotopic (exact) mass is 215 g/mol. The minimum atomic E-state index is -1.28. The van der Waals surface area contributed by atoms with Gasteiger partial charge in [0.05, 0.1) is 11.6 Å². The van der Waals surface area contributed by atoms with Crippen LogP contribution in [-0.4, -0.2) is 21.3 Å². The molecule has 1 N–H and O–H groups in total. The highest BCUT2D eigenvalue weighted by atomic mass is 16.4. The van der Waals surface area contributed by atoms with Crippen molar-refractivity contribution in [1.82, 2.24) is 10.2 Å². The van der Waals surface area contributed by atoms with E-state index >= 15 is 0 Å². The van der Waals surface area contributed by atoms with Gasteiger partial charge in [0.15, 0.2) is 0 Å². The Morgan fingerprint density at radius 1 is 1.44 bits per heavy atom. The van der Waals surface area contributed by atoms with Crippen LogP contribution in [0, 0.1) is 11.3 Å². The Kier molecular flexibility index (Phi) is 2.36. The van der Waals surface area contributed by atoms with Gasteiger partial charge in [0.2, 0.25) is 5.89 Å². The fraction of sp³-hybridized carbons (Fsp3) is 0. The Bertz CT molecular complexity index is 583. The molecule has 1 aromatic carbocycles. The molecule has 0 aliphatic carbocycles. The van der Waals surface area contributed by atoms with E-state index in [-0.39, 0.29) is 5.89 Å². The van der Waals surface area contributed by atoms with Crippen LogP contribution < -0.4 is 0 Å². The second kappa shape index (κ2) is 3.82. The highest BCUT2D eigenvalue weighted by molar-refractivity contribution is 5.82. The molecule has 6 heteroatoms. The number of rotatable bonds is 2. The fourth-order valence-corrected chi connectivity index (χ4v) is 1.15. The molecule has 78 valence electrons. The molecule has 2 rings (SSSR count). The van der Waals surface area contributed by atoms with Gasteiger partial charge in [0.25, 0.3) is 0 Å². The van der Waals surface area contributed by atoms with Crippen LogP contribution in [0.1, 0.15) is 16.2 Å². The number of benzene rings is 1. The van der Waals surface area contributed by atoms with Gasteiger partial charge >= 0.3 is 11.9 Å². The van der Waals surface area contributed by atoms with E-state index in [1.165, 1.54) is 0 Å². The van der Waals surface area contributed by atoms with E-state index in [9.17, 15) is 4.79 Å². The smallest absolute Gasteiger partial charge is 0.393 e. The van der Waals surface area contributed by atoms with Crippen molar-refractivity contribution >= 4 is 5.97 Å². The van der Waals surface area contributed by atoms with Gasteiger partial charge in [-0.15, -0.1) is 10.2 Å². The Labute approximate surface area is 89.8 Å². The molecule has 6 nitrogen and oxygen atoms in total. The summed E-state index contributed by atoms with van der Waals surface area (Å²) in [5, 5.41) is 24.2. The molecule has 0 bridgehead atoms. The summed E-state index contributed by atoms with van der Waals surface area (Å²) < 4.78 is 4.90. The summed E-state index contributed by atoms with van der Waals surface area (Å²) in [6.07, 6.45) is 0. The lowest BCUT2D eigenvalue weighted by atomic mass is 10.1. The van der Waals surface area contributed by atoms with Crippen LogP contribution in [0.25, 0.3) is 11.5 Å². The minimum Gasteiger partial charge on any atom is -0.474 e. The van der Waals surface area contributed by atoms with Crippen LogP contribution in [-0.2, 0) is 0 Å². The largest absolute Gasteiger partial charge is 0.474 e. The molecular weight excluding hydrogens is 210 g/mol. The first-order valence-corrected chi connectivity index (χ1v) is 4.28. The van der Waals surface area contributed by atoms with Crippen molar-refractivity contribution in [2.75, 3.05) is 0 Å². The SMILES string of the molecule is N#Cc1cccc(-c2nnc(C(=O)O)o2)c1. The zero-order valence-corrected chi connectivity index (χ0v) is 7.91. The fourth-order valence-electron chi connectivity index (χ4n) is 1.15. The number of aromatic carboxylic acids is 1. The van der Waals surface area contributed by atoms with Crippen molar-refractivity contribution in [3.05, 3.63) is 35.7 Å². The van der Waals surface area contributed by atoms with Crippen molar-refractivity contribution < 1.29 is 14.3 Å². The number of aromatic nitrogens is 2. The van der Waals surface area contributed by atoms with E-state index in [0.717, 1.165) is 0 Å². The lowest BCUT2D eigenvalue weighted by molar-refractivity contribution is 0.0654. The highest BCUT2D eigenvalue weighted by Crippen LogP contribution is 2.18. The molecule has 0 aliphatic heterocycles. The van der Waals surface area contributed by atoms with E-state index in [1.54, 1.807) is 24.3 Å². The Morgan fingerprint density at radius 2 is 2.25 bits per heavy atom. The topological polar surface area (TPSA) is 100 Å². The van der Waals surface area contributed by atoms with Gasteiger partial charge in [-0.1, -0.05) is 6.07 Å². The molecular formula is C10H5N3O3. The first kappa shape index (κ1) is 9.86. The van der Waals surface area contributed by atoms with Crippen molar-refractivity contribution in [2.24, 2.45) is 0 Å². The van der Waals surface area contributed by atoms with Crippen molar-refractivity contribution in [3.63, 3.8) is 0 Å². The Balaban J connectivity index is 2.43. The average Bonchev–Trinajstić information content (AvgIpc) is 2.78. The van der Waals surface area contributed by atoms with Gasteiger partial charge in [-0.3, -0.25) is 0 Å². The van der Waals surface area contributed by atoms with E-state index in [2.05, 4.69) is 10.2 Å². The van der Waals surface area contributed by atoms with E-state index in [1.807, 2.05) is 6.07 Å². The normalized spacial score (nSPS) is 9.69. The molecule has 0 saturated carbocycles. The third-order valence-corrected chi connectivity index (χ3v) is 1.85. The second-order valence-electron chi connectivity index (χ2n) is 2.91. The van der Waals surface area contributed by atoms with E-state index in [4.69, 9.17) is 14.8 Å². The summed E-state index contributed by atoms with van der Waals surface area (Å²) in [4.78, 5) is 10.5. The van der Waals surface area contributed by atoms with Gasteiger partial charge in [0, 0.05) is 5.56 Å². The van der Waals surface area contributed by atoms with Gasteiger partial charge in [0.1, 0.15) is 0 Å². The maximum Gasteiger partial charge on any atom is 0.393 e. The van der Waals surface area contributed by atoms with Crippen molar-refractivity contribution in [2.45, 2.75) is 0 Å². The van der Waals surface area contributed by atoms with Crippen LogP contribution in [0.4, 0.5) is 0 Å². The molecule has 0 unspecified atom stereocenters. The number of hydrogen-bond acceptors (Lipinski definition) is 5. The summed E-state index contributed by atoms with van der Waals surface area (Å²) in [6.45, 7) is 0. The number of carboxylic acid groups (broad SMARTS) is 1. The third-order valence-electron chi connectivity index (χ3n) is 1.85. The molecule has 0 fully saturated rings. The van der Waals surface area contributed by atoms with Gasteiger partial charge in [-0.2, -0.15) is 5.26 Å². The molecule has 0 amide bonds. The number of carbonyl (C=O) groups is 1. The number of hydrogen-bond donors (Lipinski definition) is 1. The zero-order chi connectivity index (χ0) is 11.5. The molecule has 0 aliphatic rings. The third kappa shape index (κ3) is 1.74. The molecule has 1 aromatic heterocycles. The molecule has 0 saturated heterocycles. The molecule has 16 heavy (non-hydrogen) atoms. The zero-order valence-electron chi connectivity index (χ0n) is 7.91. The summed E-state index contributed by atoms with van der Waals surface area (Å²) in [5.74, 6) is -1.68. The predicted octanol–water partition coefficient (Wildman–Crippen LogP) is 1.31. The van der Waals surface area contributed by atoms with Crippen LogP contribution >= 0.6 is 0 Å². The number of carboxylic acids is 1. The van der Waals surface area contributed by atoms with Crippen LogP contribution in [0.15, 0.2) is 28.7 Å². The maximum atomic E-state index is 10.5. The quantitative estimate of drug-likeness (QED) is 0.810. The van der Waals surface area contributed by atoms with Crippen LogP contribution in [0.3, 0.4) is 0 Å². The van der Waals surface area contributed by atoms with Gasteiger partial charge in [-0.25, -0.2) is 4.79 Å². The first-order chi connectivity index (χ1) is 7.70. The molecule has 1 heterocycles.